The Bertz CT molecular complexity index is 402. The lowest BCUT2D eigenvalue weighted by atomic mass is 9.93. The summed E-state index contributed by atoms with van der Waals surface area (Å²) in [6.45, 7) is 0. The van der Waals surface area contributed by atoms with E-state index >= 15 is 0 Å². The highest BCUT2D eigenvalue weighted by Gasteiger charge is 2.41. The fraction of sp³-hybridized carbons (Fsp3) is 0.538. The minimum atomic E-state index is -4.21. The van der Waals surface area contributed by atoms with Crippen LogP contribution >= 0.6 is 0 Å². The van der Waals surface area contributed by atoms with E-state index < -0.39 is 12.2 Å². The second kappa shape index (κ2) is 5.26. The molecule has 1 fully saturated rings. The summed E-state index contributed by atoms with van der Waals surface area (Å²) in [6.07, 6.45) is -2.62. The zero-order valence-corrected chi connectivity index (χ0v) is 9.80. The number of halogens is 4. The van der Waals surface area contributed by atoms with Crippen molar-refractivity contribution in [2.45, 2.75) is 43.9 Å². The molecule has 5 heteroatoms. The van der Waals surface area contributed by atoms with Crippen LogP contribution in [0.4, 0.5) is 17.6 Å². The molecule has 0 saturated carbocycles. The standard InChI is InChI=1S/C13H15F4N/c14-11-6-2-1-4-9(11)8-10-5-3-7-12(18-10)13(15,16)17/h1-2,4,6,10,12,18H,3,5,7-8H2. The highest BCUT2D eigenvalue weighted by molar-refractivity contribution is 5.18. The van der Waals surface area contributed by atoms with Gasteiger partial charge >= 0.3 is 6.18 Å². The number of hydrogen-bond donors (Lipinski definition) is 1. The van der Waals surface area contributed by atoms with Crippen molar-refractivity contribution in [2.24, 2.45) is 0 Å². The Kier molecular flexibility index (Phi) is 3.90. The van der Waals surface area contributed by atoms with Crippen LogP contribution in [0.1, 0.15) is 24.8 Å². The van der Waals surface area contributed by atoms with Gasteiger partial charge in [-0.3, -0.25) is 0 Å². The summed E-state index contributed by atoms with van der Waals surface area (Å²) in [5, 5.41) is 2.58. The summed E-state index contributed by atoms with van der Waals surface area (Å²) in [4.78, 5) is 0. The Labute approximate surface area is 103 Å². The average molecular weight is 261 g/mol. The van der Waals surface area contributed by atoms with E-state index in [4.69, 9.17) is 0 Å². The topological polar surface area (TPSA) is 12.0 Å². The lowest BCUT2D eigenvalue weighted by Crippen LogP contribution is -2.51. The van der Waals surface area contributed by atoms with Crippen molar-refractivity contribution < 1.29 is 17.6 Å². The van der Waals surface area contributed by atoms with Gasteiger partial charge in [-0.15, -0.1) is 0 Å². The predicted octanol–water partition coefficient (Wildman–Crippen LogP) is 3.44. The third kappa shape index (κ3) is 3.22. The van der Waals surface area contributed by atoms with Crippen molar-refractivity contribution in [2.75, 3.05) is 0 Å². The molecule has 0 amide bonds. The molecule has 1 aliphatic rings. The van der Waals surface area contributed by atoms with E-state index in [-0.39, 0.29) is 18.3 Å². The molecule has 1 aromatic carbocycles. The summed E-state index contributed by atoms with van der Waals surface area (Å²) in [5.74, 6) is -0.353. The van der Waals surface area contributed by atoms with Gasteiger partial charge in [-0.05, 0) is 37.3 Å². The molecule has 0 radical (unpaired) electrons. The smallest absolute Gasteiger partial charge is 0.303 e. The first-order valence-electron chi connectivity index (χ1n) is 6.03. The maximum atomic E-state index is 13.4. The molecular formula is C13H15F4N. The summed E-state index contributed by atoms with van der Waals surface area (Å²) in [6, 6.07) is 4.46. The molecule has 2 rings (SSSR count). The van der Waals surface area contributed by atoms with E-state index in [9.17, 15) is 17.6 Å². The minimum Gasteiger partial charge on any atom is -0.303 e. The second-order valence-electron chi connectivity index (χ2n) is 4.68. The third-order valence-electron chi connectivity index (χ3n) is 3.30. The number of hydrogen-bond acceptors (Lipinski definition) is 1. The average Bonchev–Trinajstić information content (AvgIpc) is 2.31. The van der Waals surface area contributed by atoms with Crippen molar-refractivity contribution >= 4 is 0 Å². The molecule has 2 unspecified atom stereocenters. The van der Waals surface area contributed by atoms with Crippen molar-refractivity contribution in [3.8, 4) is 0 Å². The van der Waals surface area contributed by atoms with E-state index in [2.05, 4.69) is 5.32 Å². The largest absolute Gasteiger partial charge is 0.403 e. The summed E-state index contributed by atoms with van der Waals surface area (Å²) in [5.41, 5.74) is 0.470. The zero-order valence-electron chi connectivity index (χ0n) is 9.80. The van der Waals surface area contributed by atoms with E-state index in [0.29, 0.717) is 24.8 Å². The molecule has 0 bridgehead atoms. The Morgan fingerprint density at radius 3 is 2.56 bits per heavy atom. The molecule has 0 aromatic heterocycles. The Hall–Kier alpha value is -1.10. The maximum absolute atomic E-state index is 13.4. The van der Waals surface area contributed by atoms with Gasteiger partial charge in [0.15, 0.2) is 0 Å². The first-order valence-corrected chi connectivity index (χ1v) is 6.03. The maximum Gasteiger partial charge on any atom is 0.403 e. The van der Waals surface area contributed by atoms with Gasteiger partial charge in [-0.1, -0.05) is 18.2 Å². The van der Waals surface area contributed by atoms with Crippen molar-refractivity contribution in [1.29, 1.82) is 0 Å². The zero-order chi connectivity index (χ0) is 13.2. The second-order valence-corrected chi connectivity index (χ2v) is 4.68. The van der Waals surface area contributed by atoms with E-state index in [0.717, 1.165) is 0 Å². The van der Waals surface area contributed by atoms with Crippen LogP contribution in [-0.4, -0.2) is 18.3 Å². The van der Waals surface area contributed by atoms with Crippen LogP contribution in [-0.2, 0) is 6.42 Å². The van der Waals surface area contributed by atoms with Gasteiger partial charge in [-0.2, -0.15) is 13.2 Å². The van der Waals surface area contributed by atoms with Crippen LogP contribution < -0.4 is 5.32 Å². The van der Waals surface area contributed by atoms with Gasteiger partial charge in [-0.25, -0.2) is 4.39 Å². The normalized spacial score (nSPS) is 25.1. The van der Waals surface area contributed by atoms with Gasteiger partial charge in [0.2, 0.25) is 0 Å². The summed E-state index contributed by atoms with van der Waals surface area (Å²) >= 11 is 0. The lowest BCUT2D eigenvalue weighted by Gasteiger charge is -2.32. The highest BCUT2D eigenvalue weighted by Crippen LogP contribution is 2.28. The van der Waals surface area contributed by atoms with E-state index in [1.54, 1.807) is 18.2 Å². The van der Waals surface area contributed by atoms with Crippen LogP contribution in [0, 0.1) is 5.82 Å². The molecule has 1 aromatic rings. The predicted molar refractivity (Wildman–Crippen MR) is 60.7 cm³/mol. The van der Waals surface area contributed by atoms with Crippen LogP contribution in [0.5, 0.6) is 0 Å². The molecule has 0 spiro atoms. The van der Waals surface area contributed by atoms with Gasteiger partial charge in [0.1, 0.15) is 11.9 Å². The quantitative estimate of drug-likeness (QED) is 0.804. The van der Waals surface area contributed by atoms with E-state index in [1.807, 2.05) is 0 Å². The molecule has 1 N–H and O–H groups in total. The molecule has 0 aliphatic carbocycles. The van der Waals surface area contributed by atoms with Crippen LogP contribution in [0.2, 0.25) is 0 Å². The van der Waals surface area contributed by atoms with Gasteiger partial charge in [0.05, 0.1) is 0 Å². The SMILES string of the molecule is Fc1ccccc1CC1CCCC(C(F)(F)F)N1. The summed E-state index contributed by atoms with van der Waals surface area (Å²) < 4.78 is 51.2. The number of rotatable bonds is 2. The monoisotopic (exact) mass is 261 g/mol. The van der Waals surface area contributed by atoms with Crippen molar-refractivity contribution in [3.05, 3.63) is 35.6 Å². The number of benzene rings is 1. The van der Waals surface area contributed by atoms with Crippen LogP contribution in [0.15, 0.2) is 24.3 Å². The first kappa shape index (κ1) is 13.3. The highest BCUT2D eigenvalue weighted by atomic mass is 19.4. The molecule has 1 saturated heterocycles. The van der Waals surface area contributed by atoms with Crippen molar-refractivity contribution in [1.82, 2.24) is 5.32 Å². The minimum absolute atomic E-state index is 0.108. The van der Waals surface area contributed by atoms with Crippen LogP contribution in [0.25, 0.3) is 0 Å². The number of alkyl halides is 3. The third-order valence-corrected chi connectivity index (χ3v) is 3.30. The number of nitrogens with one attached hydrogen (secondary N) is 1. The Morgan fingerprint density at radius 2 is 1.89 bits per heavy atom. The molecule has 1 aliphatic heterocycles. The fourth-order valence-corrected chi connectivity index (χ4v) is 2.37. The van der Waals surface area contributed by atoms with Crippen molar-refractivity contribution in [3.63, 3.8) is 0 Å². The Morgan fingerprint density at radius 1 is 1.17 bits per heavy atom. The van der Waals surface area contributed by atoms with Crippen LogP contribution in [0.3, 0.4) is 0 Å². The molecule has 2 atom stereocenters. The molecule has 1 heterocycles. The first-order chi connectivity index (χ1) is 8.47. The molecule has 1 nitrogen and oxygen atoms in total. The van der Waals surface area contributed by atoms with Gasteiger partial charge < -0.3 is 5.32 Å². The molecule has 18 heavy (non-hydrogen) atoms. The Balaban J connectivity index is 2.00. The summed E-state index contributed by atoms with van der Waals surface area (Å²) in [7, 11) is 0. The van der Waals surface area contributed by atoms with E-state index in [1.165, 1.54) is 6.07 Å². The van der Waals surface area contributed by atoms with Gasteiger partial charge in [0, 0.05) is 6.04 Å². The number of piperidine rings is 1. The molecular weight excluding hydrogens is 246 g/mol. The molecule has 100 valence electrons. The van der Waals surface area contributed by atoms with Gasteiger partial charge in [0.25, 0.3) is 0 Å². The lowest BCUT2D eigenvalue weighted by molar-refractivity contribution is -0.163. The fourth-order valence-electron chi connectivity index (χ4n) is 2.37.